The fourth-order valence-electron chi connectivity index (χ4n) is 2.83. The van der Waals surface area contributed by atoms with E-state index < -0.39 is 29.6 Å². The number of H-pyrrole nitrogens is 1. The molecule has 2 unspecified atom stereocenters. The standard InChI is InChI=1S/C11H14FN5O3/c12-6-4(1-18)5(2-19)8(6)17-3-14-7-9(17)15-11(13)16-10(7)20/h3-6,8,18-19H,1-2H2,(H3,13,15,16,20)/t4-,5?,6?,8+/m1/s1. The molecule has 9 heteroatoms. The van der Waals surface area contributed by atoms with Crippen molar-refractivity contribution in [2.24, 2.45) is 11.8 Å². The molecule has 4 atom stereocenters. The summed E-state index contributed by atoms with van der Waals surface area (Å²) < 4.78 is 15.5. The number of nitrogen functional groups attached to an aromatic ring is 1. The summed E-state index contributed by atoms with van der Waals surface area (Å²) >= 11 is 0. The molecule has 0 bridgehead atoms. The number of aliphatic hydroxyl groups is 2. The maximum Gasteiger partial charge on any atom is 0.280 e. The Hall–Kier alpha value is -2.00. The maximum absolute atomic E-state index is 14.1. The lowest BCUT2D eigenvalue weighted by molar-refractivity contribution is -0.0845. The highest BCUT2D eigenvalue weighted by atomic mass is 19.1. The second kappa shape index (κ2) is 4.53. The maximum atomic E-state index is 14.1. The first kappa shape index (κ1) is 13.0. The third-order valence-electron chi connectivity index (χ3n) is 3.92. The van der Waals surface area contributed by atoms with E-state index in [1.165, 1.54) is 10.9 Å². The van der Waals surface area contributed by atoms with Crippen LogP contribution in [0.3, 0.4) is 0 Å². The third-order valence-corrected chi connectivity index (χ3v) is 3.92. The summed E-state index contributed by atoms with van der Waals surface area (Å²) in [5.41, 5.74) is 5.22. The highest BCUT2D eigenvalue weighted by molar-refractivity contribution is 5.70. The van der Waals surface area contributed by atoms with Gasteiger partial charge in [-0.15, -0.1) is 0 Å². The van der Waals surface area contributed by atoms with Crippen LogP contribution in [0.15, 0.2) is 11.1 Å². The number of anilines is 1. The van der Waals surface area contributed by atoms with Gasteiger partial charge in [0.2, 0.25) is 5.95 Å². The summed E-state index contributed by atoms with van der Waals surface area (Å²) in [5.74, 6) is -1.16. The monoisotopic (exact) mass is 283 g/mol. The van der Waals surface area contributed by atoms with Gasteiger partial charge in [0.05, 0.1) is 12.4 Å². The largest absolute Gasteiger partial charge is 0.396 e. The Morgan fingerprint density at radius 1 is 1.40 bits per heavy atom. The predicted octanol–water partition coefficient (Wildman–Crippen LogP) is -1.19. The summed E-state index contributed by atoms with van der Waals surface area (Å²) in [6, 6.07) is -0.712. The molecule has 1 saturated carbocycles. The van der Waals surface area contributed by atoms with Crippen molar-refractivity contribution < 1.29 is 14.6 Å². The van der Waals surface area contributed by atoms with E-state index in [1.807, 2.05) is 0 Å². The molecule has 8 nitrogen and oxygen atoms in total. The molecule has 1 aliphatic rings. The number of imidazole rings is 1. The smallest absolute Gasteiger partial charge is 0.280 e. The number of alkyl halides is 1. The average molecular weight is 283 g/mol. The van der Waals surface area contributed by atoms with Crippen molar-refractivity contribution >= 4 is 17.1 Å². The van der Waals surface area contributed by atoms with E-state index in [-0.39, 0.29) is 30.3 Å². The number of nitrogens with two attached hydrogens (primary N) is 1. The Labute approximate surface area is 112 Å². The van der Waals surface area contributed by atoms with E-state index in [4.69, 9.17) is 10.8 Å². The first-order valence-electron chi connectivity index (χ1n) is 6.16. The minimum Gasteiger partial charge on any atom is -0.396 e. The number of halogens is 1. The molecule has 0 saturated heterocycles. The molecule has 2 aromatic rings. The molecular weight excluding hydrogens is 269 g/mol. The summed E-state index contributed by atoms with van der Waals surface area (Å²) in [6.07, 6.45) is -0.0308. The number of aromatic nitrogens is 4. The van der Waals surface area contributed by atoms with Crippen molar-refractivity contribution in [2.75, 3.05) is 18.9 Å². The molecular formula is C11H14FN5O3. The van der Waals surface area contributed by atoms with Crippen molar-refractivity contribution in [3.05, 3.63) is 16.7 Å². The molecule has 0 aliphatic heterocycles. The molecule has 20 heavy (non-hydrogen) atoms. The van der Waals surface area contributed by atoms with Gasteiger partial charge in [-0.25, -0.2) is 9.37 Å². The van der Waals surface area contributed by atoms with E-state index in [1.54, 1.807) is 0 Å². The second-order valence-corrected chi connectivity index (χ2v) is 4.90. The van der Waals surface area contributed by atoms with E-state index >= 15 is 0 Å². The van der Waals surface area contributed by atoms with Crippen LogP contribution < -0.4 is 11.3 Å². The number of aliphatic hydroxyl groups excluding tert-OH is 2. The first-order chi connectivity index (χ1) is 9.58. The Morgan fingerprint density at radius 2 is 2.10 bits per heavy atom. The number of hydrogen-bond donors (Lipinski definition) is 4. The van der Waals surface area contributed by atoms with Gasteiger partial charge in [0, 0.05) is 25.0 Å². The van der Waals surface area contributed by atoms with Crippen LogP contribution in [-0.2, 0) is 0 Å². The van der Waals surface area contributed by atoms with E-state index in [0.29, 0.717) is 0 Å². The number of fused-ring (bicyclic) bond motifs is 1. The number of hydrogen-bond acceptors (Lipinski definition) is 6. The summed E-state index contributed by atoms with van der Waals surface area (Å²) in [6.45, 7) is -0.611. The average Bonchev–Trinajstić information content (AvgIpc) is 2.80. The van der Waals surface area contributed by atoms with Gasteiger partial charge < -0.3 is 20.5 Å². The Bertz CT molecular complexity index is 699. The summed E-state index contributed by atoms with van der Waals surface area (Å²) in [4.78, 5) is 21.8. The third kappa shape index (κ3) is 1.63. The molecule has 1 fully saturated rings. The fraction of sp³-hybridized carbons (Fsp3) is 0.545. The van der Waals surface area contributed by atoms with Gasteiger partial charge in [-0.2, -0.15) is 4.98 Å². The van der Waals surface area contributed by atoms with Gasteiger partial charge in [-0.1, -0.05) is 0 Å². The second-order valence-electron chi connectivity index (χ2n) is 4.90. The number of nitrogens with zero attached hydrogens (tertiary/aromatic N) is 3. The molecule has 1 aliphatic carbocycles. The highest BCUT2D eigenvalue weighted by Gasteiger charge is 2.52. The van der Waals surface area contributed by atoms with Crippen LogP contribution in [0, 0.1) is 11.8 Å². The van der Waals surface area contributed by atoms with Gasteiger partial charge in [0.15, 0.2) is 11.2 Å². The molecule has 3 rings (SSSR count). The molecule has 108 valence electrons. The lowest BCUT2D eigenvalue weighted by atomic mass is 9.68. The molecule has 2 aromatic heterocycles. The van der Waals surface area contributed by atoms with E-state index in [0.717, 1.165) is 0 Å². The minimum absolute atomic E-state index is 0.0653. The topological polar surface area (TPSA) is 130 Å². The van der Waals surface area contributed by atoms with Gasteiger partial charge >= 0.3 is 0 Å². The van der Waals surface area contributed by atoms with Crippen molar-refractivity contribution in [3.63, 3.8) is 0 Å². The Kier molecular flexibility index (Phi) is 2.94. The Morgan fingerprint density at radius 3 is 2.75 bits per heavy atom. The SMILES string of the molecule is Nc1nc2c(ncn2[C@@H]2C(F)[C@H](CO)C2CO)c(=O)[nH]1. The molecule has 0 amide bonds. The molecule has 0 radical (unpaired) electrons. The number of nitrogens with one attached hydrogen (secondary N) is 1. The van der Waals surface area contributed by atoms with Crippen LogP contribution in [0.5, 0.6) is 0 Å². The normalized spacial score (nSPS) is 29.6. The lowest BCUT2D eigenvalue weighted by Crippen LogP contribution is -2.52. The zero-order valence-electron chi connectivity index (χ0n) is 10.4. The number of aromatic amines is 1. The minimum atomic E-state index is -1.34. The van der Waals surface area contributed by atoms with Crippen LogP contribution in [0.4, 0.5) is 10.3 Å². The van der Waals surface area contributed by atoms with E-state index in [2.05, 4.69) is 15.0 Å². The van der Waals surface area contributed by atoms with Crippen LogP contribution in [0.2, 0.25) is 0 Å². The van der Waals surface area contributed by atoms with E-state index in [9.17, 15) is 14.3 Å². The fourth-order valence-corrected chi connectivity index (χ4v) is 2.83. The zero-order valence-corrected chi connectivity index (χ0v) is 10.4. The first-order valence-corrected chi connectivity index (χ1v) is 6.16. The van der Waals surface area contributed by atoms with Gasteiger partial charge in [-0.05, 0) is 0 Å². The van der Waals surface area contributed by atoms with Crippen molar-refractivity contribution in [1.29, 1.82) is 0 Å². The molecule has 0 aromatic carbocycles. The van der Waals surface area contributed by atoms with Crippen molar-refractivity contribution in [2.45, 2.75) is 12.2 Å². The molecule has 2 heterocycles. The molecule has 5 N–H and O–H groups in total. The number of rotatable bonds is 3. The van der Waals surface area contributed by atoms with Gasteiger partial charge in [-0.3, -0.25) is 9.78 Å². The highest BCUT2D eigenvalue weighted by Crippen LogP contribution is 2.46. The summed E-state index contributed by atoms with van der Waals surface area (Å²) in [7, 11) is 0. The molecule has 0 spiro atoms. The summed E-state index contributed by atoms with van der Waals surface area (Å²) in [5, 5.41) is 18.4. The van der Waals surface area contributed by atoms with Crippen LogP contribution in [-0.4, -0.2) is 49.1 Å². The van der Waals surface area contributed by atoms with Crippen molar-refractivity contribution in [1.82, 2.24) is 19.5 Å². The van der Waals surface area contributed by atoms with Crippen LogP contribution >= 0.6 is 0 Å². The van der Waals surface area contributed by atoms with Crippen molar-refractivity contribution in [3.8, 4) is 0 Å². The van der Waals surface area contributed by atoms with Crippen LogP contribution in [0.1, 0.15) is 6.04 Å². The van der Waals surface area contributed by atoms with Gasteiger partial charge in [0.1, 0.15) is 6.17 Å². The zero-order chi connectivity index (χ0) is 14.4. The quantitative estimate of drug-likeness (QED) is 0.560. The Balaban J connectivity index is 2.09. The van der Waals surface area contributed by atoms with Gasteiger partial charge in [0.25, 0.3) is 5.56 Å². The van der Waals surface area contributed by atoms with Crippen LogP contribution in [0.25, 0.3) is 11.2 Å². The predicted molar refractivity (Wildman–Crippen MR) is 67.6 cm³/mol. The lowest BCUT2D eigenvalue weighted by Gasteiger charge is -2.46.